The van der Waals surface area contributed by atoms with Gasteiger partial charge in [0, 0.05) is 18.8 Å². The number of rotatable bonds is 6. The first-order valence-electron chi connectivity index (χ1n) is 8.32. The molecule has 3 rings (SSSR count). The van der Waals surface area contributed by atoms with Crippen molar-refractivity contribution >= 4 is 13.0 Å². The number of hydrogen-bond donors (Lipinski definition) is 1. The van der Waals surface area contributed by atoms with E-state index in [-0.39, 0.29) is 6.61 Å². The summed E-state index contributed by atoms with van der Waals surface area (Å²) in [5.74, 6) is 1.20. The Kier molecular flexibility index (Phi) is 6.33. The summed E-state index contributed by atoms with van der Waals surface area (Å²) in [7, 11) is -0.709. The fraction of sp³-hybridized carbons (Fsp3) is 0.278. The molecule has 1 aliphatic heterocycles. The molecule has 1 aliphatic rings. The maximum Gasteiger partial charge on any atom is 0.639 e. The highest BCUT2D eigenvalue weighted by atomic mass is 16.7. The van der Waals surface area contributed by atoms with Crippen LogP contribution in [0.15, 0.2) is 47.6 Å². The number of nitriles is 1. The Morgan fingerprint density at radius 1 is 1.08 bits per heavy atom. The SMILES string of the molecule is N#Cc1ccc(Oc2ccc(N=N)c(COB3OCCCCO3)c2)cc1. The van der Waals surface area contributed by atoms with Gasteiger partial charge >= 0.3 is 7.32 Å². The summed E-state index contributed by atoms with van der Waals surface area (Å²) in [6.45, 7) is 1.39. The molecule has 1 heterocycles. The molecule has 132 valence electrons. The maximum absolute atomic E-state index is 8.84. The van der Waals surface area contributed by atoms with Crippen molar-refractivity contribution in [3.05, 3.63) is 53.6 Å². The molecule has 1 N–H and O–H groups in total. The van der Waals surface area contributed by atoms with Crippen molar-refractivity contribution in [3.63, 3.8) is 0 Å². The van der Waals surface area contributed by atoms with Gasteiger partial charge < -0.3 is 18.7 Å². The molecule has 0 saturated carbocycles. The van der Waals surface area contributed by atoms with Crippen molar-refractivity contribution in [1.82, 2.24) is 0 Å². The van der Waals surface area contributed by atoms with E-state index in [1.165, 1.54) is 0 Å². The van der Waals surface area contributed by atoms with Crippen LogP contribution in [-0.4, -0.2) is 20.5 Å². The van der Waals surface area contributed by atoms with Crippen LogP contribution in [0.4, 0.5) is 5.69 Å². The number of hydrogen-bond acceptors (Lipinski definition) is 7. The molecule has 2 aromatic rings. The molecule has 26 heavy (non-hydrogen) atoms. The largest absolute Gasteiger partial charge is 0.639 e. The second kappa shape index (κ2) is 9.11. The third kappa shape index (κ3) is 4.89. The smallest absolute Gasteiger partial charge is 0.457 e. The first-order chi connectivity index (χ1) is 12.8. The van der Waals surface area contributed by atoms with Gasteiger partial charge in [0.1, 0.15) is 11.5 Å². The van der Waals surface area contributed by atoms with E-state index in [1.54, 1.807) is 42.5 Å². The average molecular weight is 351 g/mol. The van der Waals surface area contributed by atoms with Crippen molar-refractivity contribution in [1.29, 1.82) is 10.8 Å². The average Bonchev–Trinajstić information content (AvgIpc) is 2.96. The summed E-state index contributed by atoms with van der Waals surface area (Å²) in [5.41, 5.74) is 9.07. The standard InChI is InChI=1S/C18H18BN3O4/c20-12-14-3-5-16(6-4-14)26-17-7-8-18(22-21)15(11-17)13-25-19-23-9-1-2-10-24-19/h3-8,11,21H,1-2,9-10,13H2. The fourth-order valence-corrected chi connectivity index (χ4v) is 2.45. The van der Waals surface area contributed by atoms with E-state index in [9.17, 15) is 0 Å². The summed E-state index contributed by atoms with van der Waals surface area (Å²) >= 11 is 0. The molecular formula is C18H18BN3O4. The van der Waals surface area contributed by atoms with Crippen LogP contribution in [0.3, 0.4) is 0 Å². The first-order valence-corrected chi connectivity index (χ1v) is 8.32. The van der Waals surface area contributed by atoms with Gasteiger partial charge in [-0.1, -0.05) is 0 Å². The molecule has 0 radical (unpaired) electrons. The van der Waals surface area contributed by atoms with Gasteiger partial charge in [0.05, 0.1) is 23.9 Å². The van der Waals surface area contributed by atoms with Gasteiger partial charge in [0.15, 0.2) is 0 Å². The Balaban J connectivity index is 1.68. The van der Waals surface area contributed by atoms with E-state index in [0.717, 1.165) is 12.8 Å². The summed E-state index contributed by atoms with van der Waals surface area (Å²) in [6, 6.07) is 14.1. The Bertz CT molecular complexity index is 784. The number of benzene rings is 2. The van der Waals surface area contributed by atoms with Gasteiger partial charge in [-0.15, -0.1) is 0 Å². The van der Waals surface area contributed by atoms with Gasteiger partial charge in [-0.2, -0.15) is 10.4 Å². The quantitative estimate of drug-likeness (QED) is 0.617. The van der Waals surface area contributed by atoms with Crippen LogP contribution < -0.4 is 4.74 Å². The zero-order chi connectivity index (χ0) is 18.2. The highest BCUT2D eigenvalue weighted by Crippen LogP contribution is 2.29. The molecule has 2 aromatic carbocycles. The molecule has 0 aromatic heterocycles. The van der Waals surface area contributed by atoms with Gasteiger partial charge in [-0.3, -0.25) is 0 Å². The van der Waals surface area contributed by atoms with Crippen LogP contribution in [0, 0.1) is 16.9 Å². The molecule has 7 nitrogen and oxygen atoms in total. The van der Waals surface area contributed by atoms with Gasteiger partial charge in [-0.25, -0.2) is 5.53 Å². The molecule has 0 atom stereocenters. The van der Waals surface area contributed by atoms with Crippen molar-refractivity contribution in [3.8, 4) is 17.6 Å². The summed E-state index contributed by atoms with van der Waals surface area (Å²) in [4.78, 5) is 0. The Morgan fingerprint density at radius 3 is 2.42 bits per heavy atom. The molecule has 0 aliphatic carbocycles. The van der Waals surface area contributed by atoms with Gasteiger partial charge in [0.25, 0.3) is 0 Å². The first kappa shape index (κ1) is 18.1. The Hall–Kier alpha value is -2.73. The van der Waals surface area contributed by atoms with Crippen LogP contribution in [0.5, 0.6) is 11.5 Å². The third-order valence-corrected chi connectivity index (χ3v) is 3.81. The predicted molar refractivity (Wildman–Crippen MR) is 94.2 cm³/mol. The molecule has 8 heteroatoms. The lowest BCUT2D eigenvalue weighted by Gasteiger charge is -2.13. The van der Waals surface area contributed by atoms with Crippen molar-refractivity contribution in [2.75, 3.05) is 13.2 Å². The van der Waals surface area contributed by atoms with Crippen LogP contribution in [0.2, 0.25) is 0 Å². The second-order valence-electron chi connectivity index (χ2n) is 5.69. The number of nitrogens with one attached hydrogen (secondary N) is 1. The summed E-state index contributed by atoms with van der Waals surface area (Å²) < 4.78 is 22.4. The maximum atomic E-state index is 8.84. The third-order valence-electron chi connectivity index (χ3n) is 3.81. The molecule has 0 unspecified atom stereocenters. The lowest BCUT2D eigenvalue weighted by atomic mass is 10.1. The van der Waals surface area contributed by atoms with E-state index in [0.29, 0.717) is 41.5 Å². The van der Waals surface area contributed by atoms with E-state index in [4.69, 9.17) is 29.5 Å². The molecular weight excluding hydrogens is 333 g/mol. The molecule has 0 spiro atoms. The predicted octanol–water partition coefficient (Wildman–Crippen LogP) is 4.34. The van der Waals surface area contributed by atoms with Crippen molar-refractivity contribution in [2.45, 2.75) is 19.4 Å². The number of nitrogens with zero attached hydrogens (tertiary/aromatic N) is 2. The molecule has 0 bridgehead atoms. The lowest BCUT2D eigenvalue weighted by Crippen LogP contribution is -2.25. The van der Waals surface area contributed by atoms with E-state index < -0.39 is 7.32 Å². The highest BCUT2D eigenvalue weighted by Gasteiger charge is 2.24. The highest BCUT2D eigenvalue weighted by molar-refractivity contribution is 6.36. The lowest BCUT2D eigenvalue weighted by molar-refractivity contribution is 0.107. The minimum absolute atomic E-state index is 0.187. The Morgan fingerprint density at radius 2 is 1.77 bits per heavy atom. The Labute approximate surface area is 152 Å². The number of ether oxygens (including phenoxy) is 1. The molecule has 0 amide bonds. The van der Waals surface area contributed by atoms with Gasteiger partial charge in [0.2, 0.25) is 0 Å². The summed E-state index contributed by atoms with van der Waals surface area (Å²) in [6.07, 6.45) is 1.89. The van der Waals surface area contributed by atoms with Crippen molar-refractivity contribution < 1.29 is 18.7 Å². The molecule has 1 fully saturated rings. The van der Waals surface area contributed by atoms with Crippen LogP contribution in [-0.2, 0) is 20.6 Å². The fourth-order valence-electron chi connectivity index (χ4n) is 2.45. The summed E-state index contributed by atoms with van der Waals surface area (Å²) in [5, 5.41) is 12.4. The minimum atomic E-state index is -0.709. The second-order valence-corrected chi connectivity index (χ2v) is 5.69. The van der Waals surface area contributed by atoms with Crippen molar-refractivity contribution in [2.24, 2.45) is 5.11 Å². The zero-order valence-corrected chi connectivity index (χ0v) is 14.2. The monoisotopic (exact) mass is 351 g/mol. The topological polar surface area (TPSA) is 96.9 Å². The van der Waals surface area contributed by atoms with E-state index >= 15 is 0 Å². The normalized spacial score (nSPS) is 14.3. The zero-order valence-electron chi connectivity index (χ0n) is 14.2. The van der Waals surface area contributed by atoms with Crippen LogP contribution in [0.1, 0.15) is 24.0 Å². The van der Waals surface area contributed by atoms with Gasteiger partial charge in [-0.05, 0) is 55.3 Å². The van der Waals surface area contributed by atoms with E-state index in [2.05, 4.69) is 11.2 Å². The minimum Gasteiger partial charge on any atom is -0.457 e. The van der Waals surface area contributed by atoms with Crippen LogP contribution >= 0.6 is 0 Å². The van der Waals surface area contributed by atoms with E-state index in [1.807, 2.05) is 0 Å². The van der Waals surface area contributed by atoms with Crippen LogP contribution in [0.25, 0.3) is 0 Å². The molecule has 1 saturated heterocycles.